The van der Waals surface area contributed by atoms with Crippen molar-refractivity contribution in [2.24, 2.45) is 0 Å². The maximum Gasteiger partial charge on any atom is 0.304 e. The van der Waals surface area contributed by atoms with Gasteiger partial charge in [0, 0.05) is 34.7 Å². The molecule has 6 heteroatoms. The van der Waals surface area contributed by atoms with Crippen LogP contribution in [0.15, 0.2) is 46.9 Å². The molecular formula is C17H16BrClFNO2. The lowest BCUT2D eigenvalue weighted by Gasteiger charge is -2.22. The fourth-order valence-corrected chi connectivity index (χ4v) is 2.71. The molecule has 0 spiro atoms. The van der Waals surface area contributed by atoms with Gasteiger partial charge < -0.3 is 5.11 Å². The summed E-state index contributed by atoms with van der Waals surface area (Å²) in [6.07, 6.45) is -0.0113. The number of hydrogen-bond donors (Lipinski definition) is 1. The van der Waals surface area contributed by atoms with Gasteiger partial charge in [-0.2, -0.15) is 0 Å². The van der Waals surface area contributed by atoms with Crippen LogP contribution in [0.1, 0.15) is 17.5 Å². The second-order valence-corrected chi connectivity index (χ2v) is 6.50. The highest BCUT2D eigenvalue weighted by Crippen LogP contribution is 2.22. The first-order valence-electron chi connectivity index (χ1n) is 7.07. The van der Waals surface area contributed by atoms with Crippen molar-refractivity contribution in [2.75, 3.05) is 6.54 Å². The minimum absolute atomic E-state index is 0.0113. The lowest BCUT2D eigenvalue weighted by Crippen LogP contribution is -2.26. The van der Waals surface area contributed by atoms with Crippen molar-refractivity contribution in [3.8, 4) is 0 Å². The minimum atomic E-state index is -0.884. The van der Waals surface area contributed by atoms with Gasteiger partial charge in [-0.3, -0.25) is 9.69 Å². The first-order chi connectivity index (χ1) is 11.0. The van der Waals surface area contributed by atoms with E-state index in [0.717, 1.165) is 10.0 Å². The lowest BCUT2D eigenvalue weighted by atomic mass is 10.1. The number of carboxylic acid groups (broad SMARTS) is 1. The molecule has 0 aliphatic heterocycles. The van der Waals surface area contributed by atoms with E-state index in [9.17, 15) is 9.18 Å². The number of carbonyl (C=O) groups is 1. The van der Waals surface area contributed by atoms with Crippen LogP contribution in [0.25, 0.3) is 0 Å². The summed E-state index contributed by atoms with van der Waals surface area (Å²) in [6.45, 7) is 1.09. The predicted molar refractivity (Wildman–Crippen MR) is 91.9 cm³/mol. The lowest BCUT2D eigenvalue weighted by molar-refractivity contribution is -0.137. The summed E-state index contributed by atoms with van der Waals surface area (Å²) < 4.78 is 14.9. The van der Waals surface area contributed by atoms with Crippen LogP contribution < -0.4 is 0 Å². The molecule has 0 unspecified atom stereocenters. The Kier molecular flexibility index (Phi) is 6.57. The molecule has 0 amide bonds. The van der Waals surface area contributed by atoms with Gasteiger partial charge in [0.05, 0.1) is 6.42 Å². The molecule has 2 rings (SSSR count). The van der Waals surface area contributed by atoms with E-state index in [-0.39, 0.29) is 18.8 Å². The van der Waals surface area contributed by atoms with Crippen LogP contribution in [-0.2, 0) is 17.9 Å². The Bertz CT molecular complexity index is 659. The molecule has 0 heterocycles. The molecule has 0 aliphatic rings. The van der Waals surface area contributed by atoms with Gasteiger partial charge in [0.15, 0.2) is 0 Å². The molecule has 122 valence electrons. The van der Waals surface area contributed by atoms with Crippen molar-refractivity contribution in [1.82, 2.24) is 4.90 Å². The Morgan fingerprint density at radius 1 is 1.17 bits per heavy atom. The van der Waals surface area contributed by atoms with Crippen molar-refractivity contribution in [2.45, 2.75) is 19.5 Å². The fraction of sp³-hybridized carbons (Fsp3) is 0.235. The summed E-state index contributed by atoms with van der Waals surface area (Å²) in [5.74, 6) is -1.26. The van der Waals surface area contributed by atoms with Crippen molar-refractivity contribution < 1.29 is 14.3 Å². The van der Waals surface area contributed by atoms with Crippen LogP contribution >= 0.6 is 27.5 Å². The van der Waals surface area contributed by atoms with E-state index in [1.54, 1.807) is 12.1 Å². The van der Waals surface area contributed by atoms with Crippen LogP contribution in [0.4, 0.5) is 4.39 Å². The highest BCUT2D eigenvalue weighted by Gasteiger charge is 2.14. The van der Waals surface area contributed by atoms with Crippen molar-refractivity contribution in [3.05, 3.63) is 68.9 Å². The summed E-state index contributed by atoms with van der Waals surface area (Å²) in [5, 5.41) is 9.26. The molecule has 0 radical (unpaired) electrons. The van der Waals surface area contributed by atoms with Gasteiger partial charge in [0.1, 0.15) is 5.82 Å². The minimum Gasteiger partial charge on any atom is -0.481 e. The molecule has 23 heavy (non-hydrogen) atoms. The van der Waals surface area contributed by atoms with Crippen LogP contribution in [0, 0.1) is 5.82 Å². The number of hydrogen-bond acceptors (Lipinski definition) is 2. The van der Waals surface area contributed by atoms with E-state index < -0.39 is 5.97 Å². The van der Waals surface area contributed by atoms with Crippen LogP contribution in [0.3, 0.4) is 0 Å². The Morgan fingerprint density at radius 2 is 1.87 bits per heavy atom. The monoisotopic (exact) mass is 399 g/mol. The van der Waals surface area contributed by atoms with Crippen molar-refractivity contribution >= 4 is 33.5 Å². The maximum absolute atomic E-state index is 14.0. The average molecular weight is 401 g/mol. The van der Waals surface area contributed by atoms with E-state index in [1.165, 1.54) is 6.07 Å². The second-order valence-electron chi connectivity index (χ2n) is 5.18. The topological polar surface area (TPSA) is 40.5 Å². The van der Waals surface area contributed by atoms with Gasteiger partial charge in [-0.15, -0.1) is 0 Å². The zero-order chi connectivity index (χ0) is 16.8. The Morgan fingerprint density at radius 3 is 2.48 bits per heavy atom. The molecule has 0 aromatic heterocycles. The van der Waals surface area contributed by atoms with Gasteiger partial charge in [0.25, 0.3) is 0 Å². The normalized spacial score (nSPS) is 11.0. The van der Waals surface area contributed by atoms with E-state index in [2.05, 4.69) is 15.9 Å². The quantitative estimate of drug-likeness (QED) is 0.731. The molecule has 2 aromatic rings. The molecule has 1 N–H and O–H groups in total. The highest BCUT2D eigenvalue weighted by molar-refractivity contribution is 9.10. The molecule has 3 nitrogen and oxygen atoms in total. The number of benzene rings is 2. The van der Waals surface area contributed by atoms with Gasteiger partial charge in [0.2, 0.25) is 0 Å². The fourth-order valence-electron chi connectivity index (χ4n) is 2.22. The first kappa shape index (κ1) is 17.9. The molecule has 2 aromatic carbocycles. The molecule has 0 fully saturated rings. The largest absolute Gasteiger partial charge is 0.481 e. The maximum atomic E-state index is 14.0. The van der Waals surface area contributed by atoms with E-state index in [0.29, 0.717) is 23.7 Å². The first-order valence-corrected chi connectivity index (χ1v) is 8.24. The molecule has 0 saturated heterocycles. The third-order valence-corrected chi connectivity index (χ3v) is 4.29. The Hall–Kier alpha value is -1.43. The third-order valence-electron chi connectivity index (χ3n) is 3.40. The van der Waals surface area contributed by atoms with E-state index >= 15 is 0 Å². The molecule has 0 aliphatic carbocycles. The number of halogens is 3. The molecular weight excluding hydrogens is 385 g/mol. The second kappa shape index (κ2) is 8.43. The standard InChI is InChI=1S/C17H16BrClFNO2/c18-13-6-4-12(5-7-13)10-21(9-8-17(22)23)11-14-15(19)2-1-3-16(14)20/h1-7H,8-11H2,(H,22,23). The molecule has 0 saturated carbocycles. The Balaban J connectivity index is 2.16. The third kappa shape index (κ3) is 5.61. The summed E-state index contributed by atoms with van der Waals surface area (Å²) in [5.41, 5.74) is 1.41. The van der Waals surface area contributed by atoms with Crippen LogP contribution in [0.5, 0.6) is 0 Å². The number of carboxylic acids is 1. The summed E-state index contributed by atoms with van der Waals surface area (Å²) in [7, 11) is 0. The number of aliphatic carboxylic acids is 1. The predicted octanol–water partition coefficient (Wildman–Crippen LogP) is 4.72. The van der Waals surface area contributed by atoms with Crippen molar-refractivity contribution in [3.63, 3.8) is 0 Å². The highest BCUT2D eigenvalue weighted by atomic mass is 79.9. The van der Waals surface area contributed by atoms with Crippen LogP contribution in [0.2, 0.25) is 5.02 Å². The van der Waals surface area contributed by atoms with Gasteiger partial charge in [-0.25, -0.2) is 4.39 Å². The zero-order valence-corrected chi connectivity index (χ0v) is 14.6. The van der Waals surface area contributed by atoms with E-state index in [1.807, 2.05) is 29.2 Å². The summed E-state index contributed by atoms with van der Waals surface area (Å²) >= 11 is 9.45. The number of rotatable bonds is 7. The SMILES string of the molecule is O=C(O)CCN(Cc1ccc(Br)cc1)Cc1c(F)cccc1Cl. The summed E-state index contributed by atoms with van der Waals surface area (Å²) in [6, 6.07) is 12.3. The average Bonchev–Trinajstić information content (AvgIpc) is 2.50. The zero-order valence-electron chi connectivity index (χ0n) is 12.3. The molecule has 0 atom stereocenters. The smallest absolute Gasteiger partial charge is 0.304 e. The summed E-state index contributed by atoms with van der Waals surface area (Å²) in [4.78, 5) is 12.7. The van der Waals surface area contributed by atoms with Crippen molar-refractivity contribution in [1.29, 1.82) is 0 Å². The Labute approximate surface area is 147 Å². The molecule has 0 bridgehead atoms. The van der Waals surface area contributed by atoms with Gasteiger partial charge in [-0.05, 0) is 29.8 Å². The van der Waals surface area contributed by atoms with Gasteiger partial charge >= 0.3 is 5.97 Å². The van der Waals surface area contributed by atoms with Crippen LogP contribution in [-0.4, -0.2) is 22.5 Å². The van der Waals surface area contributed by atoms with E-state index in [4.69, 9.17) is 16.7 Å². The van der Waals surface area contributed by atoms with Gasteiger partial charge in [-0.1, -0.05) is 45.7 Å². The number of nitrogens with zero attached hydrogens (tertiary/aromatic N) is 1.